The van der Waals surface area contributed by atoms with Crippen molar-refractivity contribution in [3.8, 4) is 6.07 Å². The van der Waals surface area contributed by atoms with Crippen LogP contribution in [0.5, 0.6) is 0 Å². The number of aliphatic hydroxyl groups excluding tert-OH is 1. The van der Waals surface area contributed by atoms with Crippen molar-refractivity contribution >= 4 is 5.69 Å². The molecule has 0 heterocycles. The molecule has 0 saturated carbocycles. The first kappa shape index (κ1) is 7.58. The van der Waals surface area contributed by atoms with Gasteiger partial charge in [0.25, 0.3) is 0 Å². The predicted octanol–water partition coefficient (Wildman–Crippen LogP) is 0.920. The van der Waals surface area contributed by atoms with Crippen molar-refractivity contribution in [1.82, 2.24) is 0 Å². The summed E-state index contributed by atoms with van der Waals surface area (Å²) in [6.45, 7) is -0.116. The van der Waals surface area contributed by atoms with Crippen LogP contribution in [0.25, 0.3) is 0 Å². The largest absolute Gasteiger partial charge is 0.377 e. The quantitative estimate of drug-likeness (QED) is 0.613. The zero-order chi connectivity index (χ0) is 8.10. The van der Waals surface area contributed by atoms with Crippen LogP contribution in [0.4, 0.5) is 5.69 Å². The van der Waals surface area contributed by atoms with Crippen LogP contribution < -0.4 is 5.32 Å². The van der Waals surface area contributed by atoms with E-state index in [0.717, 1.165) is 5.69 Å². The lowest BCUT2D eigenvalue weighted by atomic mass is 10.2. The Bertz CT molecular complexity index is 278. The molecule has 2 N–H and O–H groups in total. The fourth-order valence-electron chi connectivity index (χ4n) is 0.790. The molecule has 0 fully saturated rings. The molecule has 0 aliphatic heterocycles. The Morgan fingerprint density at radius 3 is 3.00 bits per heavy atom. The van der Waals surface area contributed by atoms with Gasteiger partial charge in [-0.15, -0.1) is 0 Å². The maximum Gasteiger partial charge on any atom is 0.113 e. The average Bonchev–Trinajstić information content (AvgIpc) is 2.06. The van der Waals surface area contributed by atoms with Crippen LogP contribution in [-0.4, -0.2) is 11.8 Å². The lowest BCUT2D eigenvalue weighted by molar-refractivity contribution is 0.325. The third-order valence-electron chi connectivity index (χ3n) is 1.27. The maximum atomic E-state index is 8.49. The Balaban J connectivity index is 2.85. The highest BCUT2D eigenvalue weighted by Crippen LogP contribution is 2.08. The average molecular weight is 148 g/mol. The van der Waals surface area contributed by atoms with E-state index in [-0.39, 0.29) is 6.73 Å². The van der Waals surface area contributed by atoms with Crippen molar-refractivity contribution in [3.05, 3.63) is 29.8 Å². The van der Waals surface area contributed by atoms with E-state index in [0.29, 0.717) is 5.56 Å². The van der Waals surface area contributed by atoms with Crippen LogP contribution >= 0.6 is 0 Å². The van der Waals surface area contributed by atoms with E-state index < -0.39 is 0 Å². The maximum absolute atomic E-state index is 8.49. The minimum Gasteiger partial charge on any atom is -0.377 e. The molecule has 0 aliphatic rings. The third-order valence-corrected chi connectivity index (χ3v) is 1.27. The summed E-state index contributed by atoms with van der Waals surface area (Å²) in [6, 6.07) is 8.94. The van der Waals surface area contributed by atoms with Crippen LogP contribution in [0.1, 0.15) is 5.56 Å². The van der Waals surface area contributed by atoms with Gasteiger partial charge in [0.2, 0.25) is 0 Å². The highest BCUT2D eigenvalue weighted by atomic mass is 16.3. The lowest BCUT2D eigenvalue weighted by Gasteiger charge is -2.00. The summed E-state index contributed by atoms with van der Waals surface area (Å²) < 4.78 is 0. The summed E-state index contributed by atoms with van der Waals surface area (Å²) in [5, 5.41) is 19.7. The zero-order valence-corrected chi connectivity index (χ0v) is 5.91. The van der Waals surface area contributed by atoms with Gasteiger partial charge in [-0.25, -0.2) is 0 Å². The molecule has 0 aromatic heterocycles. The predicted molar refractivity (Wildman–Crippen MR) is 41.9 cm³/mol. The van der Waals surface area contributed by atoms with E-state index in [9.17, 15) is 0 Å². The summed E-state index contributed by atoms with van der Waals surface area (Å²) in [7, 11) is 0. The molecule has 1 aromatic rings. The molecule has 56 valence electrons. The number of nitriles is 1. The van der Waals surface area contributed by atoms with Crippen LogP contribution in [0.2, 0.25) is 0 Å². The Morgan fingerprint density at radius 2 is 2.36 bits per heavy atom. The second-order valence-corrected chi connectivity index (χ2v) is 2.03. The van der Waals surface area contributed by atoms with Gasteiger partial charge in [0, 0.05) is 5.69 Å². The second-order valence-electron chi connectivity index (χ2n) is 2.03. The molecule has 0 saturated heterocycles. The lowest BCUT2D eigenvalue weighted by Crippen LogP contribution is -1.98. The van der Waals surface area contributed by atoms with Crippen molar-refractivity contribution in [1.29, 1.82) is 5.26 Å². The number of aliphatic hydroxyl groups is 1. The second kappa shape index (κ2) is 3.59. The number of nitrogens with one attached hydrogen (secondary N) is 1. The molecule has 3 nitrogen and oxygen atoms in total. The summed E-state index contributed by atoms with van der Waals surface area (Å²) in [5.41, 5.74) is 1.34. The summed E-state index contributed by atoms with van der Waals surface area (Å²) in [4.78, 5) is 0. The molecule has 11 heavy (non-hydrogen) atoms. The van der Waals surface area contributed by atoms with Crippen molar-refractivity contribution in [2.75, 3.05) is 12.0 Å². The van der Waals surface area contributed by atoms with Gasteiger partial charge in [-0.2, -0.15) is 5.26 Å². The van der Waals surface area contributed by atoms with E-state index in [1.165, 1.54) is 0 Å². The van der Waals surface area contributed by atoms with E-state index in [1.54, 1.807) is 24.3 Å². The minimum absolute atomic E-state index is 0.116. The fourth-order valence-corrected chi connectivity index (χ4v) is 0.790. The molecule has 0 spiro atoms. The van der Waals surface area contributed by atoms with Gasteiger partial charge >= 0.3 is 0 Å². The molecule has 0 radical (unpaired) electrons. The number of hydrogen-bond donors (Lipinski definition) is 2. The molecule has 0 unspecified atom stereocenters. The van der Waals surface area contributed by atoms with Crippen molar-refractivity contribution in [3.63, 3.8) is 0 Å². The smallest absolute Gasteiger partial charge is 0.113 e. The third kappa shape index (κ3) is 1.95. The Hall–Kier alpha value is -1.53. The van der Waals surface area contributed by atoms with Crippen LogP contribution in [0.3, 0.4) is 0 Å². The molecular weight excluding hydrogens is 140 g/mol. The number of hydrogen-bond acceptors (Lipinski definition) is 3. The number of anilines is 1. The van der Waals surface area contributed by atoms with Crippen molar-refractivity contribution in [2.24, 2.45) is 0 Å². The molecule has 0 atom stereocenters. The first-order valence-electron chi connectivity index (χ1n) is 3.21. The SMILES string of the molecule is N#Cc1cccc(NCO)c1. The Labute approximate surface area is 64.9 Å². The standard InChI is InChI=1S/C8H8N2O/c9-5-7-2-1-3-8(4-7)10-6-11/h1-4,10-11H,6H2. The monoisotopic (exact) mass is 148 g/mol. The molecular formula is C8H8N2O. The fraction of sp³-hybridized carbons (Fsp3) is 0.125. The highest BCUT2D eigenvalue weighted by Gasteiger charge is 1.91. The molecule has 1 rings (SSSR count). The summed E-state index contributed by atoms with van der Waals surface area (Å²) in [6.07, 6.45) is 0. The normalized spacial score (nSPS) is 8.73. The van der Waals surface area contributed by atoms with E-state index >= 15 is 0 Å². The van der Waals surface area contributed by atoms with Crippen LogP contribution in [0.15, 0.2) is 24.3 Å². The first-order valence-corrected chi connectivity index (χ1v) is 3.21. The van der Waals surface area contributed by atoms with E-state index in [1.807, 2.05) is 6.07 Å². The van der Waals surface area contributed by atoms with E-state index in [4.69, 9.17) is 10.4 Å². The topological polar surface area (TPSA) is 56.0 Å². The molecule has 0 amide bonds. The molecule has 0 bridgehead atoms. The van der Waals surface area contributed by atoms with Crippen molar-refractivity contribution < 1.29 is 5.11 Å². The Morgan fingerprint density at radius 1 is 1.55 bits per heavy atom. The highest BCUT2D eigenvalue weighted by molar-refractivity contribution is 5.48. The summed E-state index contributed by atoms with van der Waals surface area (Å²) in [5.74, 6) is 0. The van der Waals surface area contributed by atoms with E-state index in [2.05, 4.69) is 5.32 Å². The zero-order valence-electron chi connectivity index (χ0n) is 5.91. The van der Waals surface area contributed by atoms with Crippen LogP contribution in [0, 0.1) is 11.3 Å². The molecule has 0 aliphatic carbocycles. The van der Waals surface area contributed by atoms with Gasteiger partial charge in [0.1, 0.15) is 6.73 Å². The van der Waals surface area contributed by atoms with Crippen LogP contribution in [-0.2, 0) is 0 Å². The van der Waals surface area contributed by atoms with Gasteiger partial charge in [-0.1, -0.05) is 6.07 Å². The Kier molecular flexibility index (Phi) is 2.47. The number of nitrogens with zero attached hydrogens (tertiary/aromatic N) is 1. The van der Waals surface area contributed by atoms with Gasteiger partial charge in [0.05, 0.1) is 11.6 Å². The molecule has 3 heteroatoms. The minimum atomic E-state index is -0.116. The van der Waals surface area contributed by atoms with Crippen molar-refractivity contribution in [2.45, 2.75) is 0 Å². The number of rotatable bonds is 2. The van der Waals surface area contributed by atoms with Gasteiger partial charge in [0.15, 0.2) is 0 Å². The first-order chi connectivity index (χ1) is 5.36. The van der Waals surface area contributed by atoms with Gasteiger partial charge < -0.3 is 10.4 Å². The number of benzene rings is 1. The summed E-state index contributed by atoms with van der Waals surface area (Å²) >= 11 is 0. The van der Waals surface area contributed by atoms with Gasteiger partial charge in [-0.3, -0.25) is 0 Å². The molecule has 1 aromatic carbocycles. The van der Waals surface area contributed by atoms with Gasteiger partial charge in [-0.05, 0) is 18.2 Å².